The lowest BCUT2D eigenvalue weighted by molar-refractivity contribution is -0.138. The number of alkyl halides is 3. The van der Waals surface area contributed by atoms with E-state index in [1.807, 2.05) is 0 Å². The quantitative estimate of drug-likeness (QED) is 0.641. The zero-order valence-corrected chi connectivity index (χ0v) is 13.9. The molecule has 1 amide bonds. The Hall–Kier alpha value is -2.32. The number of hydrogen-bond donors (Lipinski definition) is 1. The fourth-order valence-corrected chi connectivity index (χ4v) is 2.16. The fourth-order valence-electron chi connectivity index (χ4n) is 1.81. The van der Waals surface area contributed by atoms with Gasteiger partial charge in [0.1, 0.15) is 6.54 Å². The van der Waals surface area contributed by atoms with E-state index in [1.54, 1.807) is 18.2 Å². The molecule has 0 radical (unpaired) electrons. The number of benzene rings is 1. The largest absolute Gasteiger partial charge is 0.417 e. The lowest BCUT2D eigenvalue weighted by Crippen LogP contribution is -2.30. The number of amides is 1. The van der Waals surface area contributed by atoms with Crippen LogP contribution in [0.3, 0.4) is 0 Å². The van der Waals surface area contributed by atoms with Gasteiger partial charge < -0.3 is 4.57 Å². The van der Waals surface area contributed by atoms with Gasteiger partial charge in [-0.3, -0.25) is 9.59 Å². The second-order valence-corrected chi connectivity index (χ2v) is 5.60. The molecule has 2 aromatic rings. The van der Waals surface area contributed by atoms with Crippen LogP contribution in [0.5, 0.6) is 0 Å². The van der Waals surface area contributed by atoms with Gasteiger partial charge in [-0.2, -0.15) is 18.3 Å². The predicted octanol–water partition coefficient (Wildman–Crippen LogP) is 3.32. The third-order valence-corrected chi connectivity index (χ3v) is 3.83. The van der Waals surface area contributed by atoms with Crippen LogP contribution in [0.4, 0.5) is 13.2 Å². The summed E-state index contributed by atoms with van der Waals surface area (Å²) in [6.45, 7) is -0.622. The number of nitrogens with zero attached hydrogens (tertiary/aromatic N) is 2. The summed E-state index contributed by atoms with van der Waals surface area (Å²) in [4.78, 5) is 23.3. The van der Waals surface area contributed by atoms with Crippen LogP contribution in [0.25, 0.3) is 0 Å². The number of aromatic nitrogens is 1. The van der Waals surface area contributed by atoms with Crippen LogP contribution < -0.4 is 11.0 Å². The van der Waals surface area contributed by atoms with E-state index in [0.29, 0.717) is 27.4 Å². The molecule has 0 fully saturated rings. The van der Waals surface area contributed by atoms with Crippen molar-refractivity contribution >= 4 is 35.3 Å². The molecule has 1 aromatic carbocycles. The Labute approximate surface area is 149 Å². The summed E-state index contributed by atoms with van der Waals surface area (Å²) in [5.74, 6) is -0.782. The van der Waals surface area contributed by atoms with Crippen LogP contribution >= 0.6 is 23.2 Å². The SMILES string of the molecule is O=C(Cn1cc(C(F)(F)F)ccc1=O)NN=Cc1cccc(Cl)c1Cl. The maximum absolute atomic E-state index is 12.6. The summed E-state index contributed by atoms with van der Waals surface area (Å²) in [5, 5.41) is 4.17. The first-order valence-electron chi connectivity index (χ1n) is 6.72. The highest BCUT2D eigenvalue weighted by Gasteiger charge is 2.31. The summed E-state index contributed by atoms with van der Waals surface area (Å²) in [5.41, 5.74) is 0.757. The summed E-state index contributed by atoms with van der Waals surface area (Å²) >= 11 is 11.8. The number of hydrazone groups is 1. The Morgan fingerprint density at radius 1 is 1.24 bits per heavy atom. The highest BCUT2D eigenvalue weighted by Crippen LogP contribution is 2.28. The predicted molar refractivity (Wildman–Crippen MR) is 87.9 cm³/mol. The molecule has 2 rings (SSSR count). The van der Waals surface area contributed by atoms with Crippen LogP contribution in [0.15, 0.2) is 46.4 Å². The standard InChI is InChI=1S/C15H10Cl2F3N3O2/c16-11-3-1-2-9(14(11)17)6-21-22-12(24)8-23-7-10(15(18,19)20)4-5-13(23)25/h1-7H,8H2,(H,22,24). The van der Waals surface area contributed by atoms with Gasteiger partial charge in [-0.15, -0.1) is 0 Å². The van der Waals surface area contributed by atoms with Gasteiger partial charge in [0, 0.05) is 17.8 Å². The van der Waals surface area contributed by atoms with E-state index in [-0.39, 0.29) is 5.02 Å². The molecule has 25 heavy (non-hydrogen) atoms. The van der Waals surface area contributed by atoms with E-state index in [4.69, 9.17) is 23.2 Å². The first kappa shape index (κ1) is 19.0. The van der Waals surface area contributed by atoms with E-state index < -0.39 is 29.8 Å². The number of halogens is 5. The minimum atomic E-state index is -4.62. The number of pyridine rings is 1. The van der Waals surface area contributed by atoms with Crippen molar-refractivity contribution in [3.8, 4) is 0 Å². The lowest BCUT2D eigenvalue weighted by Gasteiger charge is -2.09. The number of carbonyl (C=O) groups is 1. The summed E-state index contributed by atoms with van der Waals surface area (Å²) in [6.07, 6.45) is -2.83. The Morgan fingerprint density at radius 2 is 1.96 bits per heavy atom. The number of hydrogen-bond acceptors (Lipinski definition) is 3. The Balaban J connectivity index is 2.07. The molecule has 10 heteroatoms. The van der Waals surface area contributed by atoms with Crippen molar-refractivity contribution in [1.82, 2.24) is 9.99 Å². The zero-order chi connectivity index (χ0) is 18.6. The molecule has 1 N–H and O–H groups in total. The minimum Gasteiger partial charge on any atom is -0.305 e. The fraction of sp³-hybridized carbons (Fsp3) is 0.133. The summed E-state index contributed by atoms with van der Waals surface area (Å²) in [6, 6.07) is 6.18. The molecule has 0 unspecified atom stereocenters. The van der Waals surface area contributed by atoms with Gasteiger partial charge in [0.15, 0.2) is 0 Å². The van der Waals surface area contributed by atoms with Gasteiger partial charge in [-0.25, -0.2) is 5.43 Å². The van der Waals surface area contributed by atoms with E-state index in [0.717, 1.165) is 6.07 Å². The van der Waals surface area contributed by atoms with Crippen LogP contribution in [-0.2, 0) is 17.5 Å². The van der Waals surface area contributed by atoms with Crippen molar-refractivity contribution in [2.24, 2.45) is 5.10 Å². The van der Waals surface area contributed by atoms with Crippen LogP contribution in [-0.4, -0.2) is 16.7 Å². The van der Waals surface area contributed by atoms with Gasteiger partial charge in [0.05, 0.1) is 21.8 Å². The zero-order valence-electron chi connectivity index (χ0n) is 12.3. The Bertz CT molecular complexity index is 879. The summed E-state index contributed by atoms with van der Waals surface area (Å²) < 4.78 is 38.5. The van der Waals surface area contributed by atoms with E-state index >= 15 is 0 Å². The number of rotatable bonds is 4. The molecule has 1 aromatic heterocycles. The van der Waals surface area contributed by atoms with E-state index in [2.05, 4.69) is 10.5 Å². The molecule has 1 heterocycles. The molecule has 132 valence electrons. The third kappa shape index (κ3) is 5.07. The highest BCUT2D eigenvalue weighted by atomic mass is 35.5. The molecular formula is C15H10Cl2F3N3O2. The number of carbonyl (C=O) groups excluding carboxylic acids is 1. The van der Waals surface area contributed by atoms with Gasteiger partial charge >= 0.3 is 6.18 Å². The Kier molecular flexibility index (Phi) is 5.86. The van der Waals surface area contributed by atoms with Crippen LogP contribution in [0.2, 0.25) is 10.0 Å². The first-order valence-corrected chi connectivity index (χ1v) is 7.47. The van der Waals surface area contributed by atoms with E-state index in [9.17, 15) is 22.8 Å². The topological polar surface area (TPSA) is 63.5 Å². The van der Waals surface area contributed by atoms with Gasteiger partial charge in [0.25, 0.3) is 11.5 Å². The maximum Gasteiger partial charge on any atom is 0.417 e. The molecule has 0 bridgehead atoms. The second-order valence-electron chi connectivity index (χ2n) is 4.82. The van der Waals surface area contributed by atoms with Crippen molar-refractivity contribution in [2.45, 2.75) is 12.7 Å². The van der Waals surface area contributed by atoms with Gasteiger partial charge in [-0.05, 0) is 12.1 Å². The monoisotopic (exact) mass is 391 g/mol. The van der Waals surface area contributed by atoms with E-state index in [1.165, 1.54) is 6.21 Å². The smallest absolute Gasteiger partial charge is 0.305 e. The van der Waals surface area contributed by atoms with Crippen molar-refractivity contribution in [3.05, 3.63) is 68.1 Å². The van der Waals surface area contributed by atoms with Crippen molar-refractivity contribution < 1.29 is 18.0 Å². The van der Waals surface area contributed by atoms with Gasteiger partial charge in [-0.1, -0.05) is 35.3 Å². The van der Waals surface area contributed by atoms with Crippen molar-refractivity contribution in [1.29, 1.82) is 0 Å². The normalized spacial score (nSPS) is 11.7. The highest BCUT2D eigenvalue weighted by molar-refractivity contribution is 6.43. The molecule has 0 saturated carbocycles. The molecule has 0 aliphatic heterocycles. The van der Waals surface area contributed by atoms with Crippen molar-refractivity contribution in [3.63, 3.8) is 0 Å². The molecule has 0 spiro atoms. The first-order chi connectivity index (χ1) is 11.7. The molecule has 0 aliphatic carbocycles. The summed E-state index contributed by atoms with van der Waals surface area (Å²) in [7, 11) is 0. The molecular weight excluding hydrogens is 382 g/mol. The molecule has 0 aliphatic rings. The maximum atomic E-state index is 12.6. The van der Waals surface area contributed by atoms with Gasteiger partial charge in [0.2, 0.25) is 0 Å². The third-order valence-electron chi connectivity index (χ3n) is 3.00. The van der Waals surface area contributed by atoms with Crippen molar-refractivity contribution in [2.75, 3.05) is 0 Å². The number of nitrogens with one attached hydrogen (secondary N) is 1. The average molecular weight is 392 g/mol. The lowest BCUT2D eigenvalue weighted by atomic mass is 10.2. The molecule has 0 saturated heterocycles. The molecule has 5 nitrogen and oxygen atoms in total. The second kappa shape index (κ2) is 7.71. The molecule has 0 atom stereocenters. The Morgan fingerprint density at radius 3 is 2.64 bits per heavy atom. The van der Waals surface area contributed by atoms with Crippen LogP contribution in [0.1, 0.15) is 11.1 Å². The van der Waals surface area contributed by atoms with Crippen LogP contribution in [0, 0.1) is 0 Å². The average Bonchev–Trinajstić information content (AvgIpc) is 2.52. The minimum absolute atomic E-state index is 0.233.